The first-order chi connectivity index (χ1) is 16.1. The molecule has 0 radical (unpaired) electrons. The Morgan fingerprint density at radius 2 is 1.97 bits per heavy atom. The van der Waals surface area contributed by atoms with Gasteiger partial charge in [0.25, 0.3) is 5.56 Å². The van der Waals surface area contributed by atoms with Crippen LogP contribution >= 0.6 is 0 Å². The molecule has 0 atom stereocenters. The number of nitrogens with zero attached hydrogens (tertiary/aromatic N) is 4. The molecule has 33 heavy (non-hydrogen) atoms. The molecule has 168 valence electrons. The van der Waals surface area contributed by atoms with Gasteiger partial charge in [-0.25, -0.2) is 9.97 Å². The smallest absolute Gasteiger partial charge is 0.259 e. The maximum absolute atomic E-state index is 12.6. The second-order valence-electron chi connectivity index (χ2n) is 8.00. The Morgan fingerprint density at radius 1 is 1.15 bits per heavy atom. The Labute approximate surface area is 190 Å². The van der Waals surface area contributed by atoms with E-state index in [0.717, 1.165) is 30.7 Å². The normalized spacial score (nSPS) is 14.2. The summed E-state index contributed by atoms with van der Waals surface area (Å²) in [6.07, 6.45) is 4.76. The van der Waals surface area contributed by atoms with Crippen molar-refractivity contribution in [2.24, 2.45) is 0 Å². The fourth-order valence-corrected chi connectivity index (χ4v) is 4.09. The van der Waals surface area contributed by atoms with E-state index in [4.69, 9.17) is 14.8 Å². The lowest BCUT2D eigenvalue weighted by Crippen LogP contribution is -2.46. The Bertz CT molecular complexity index is 1330. The van der Waals surface area contributed by atoms with Crippen LogP contribution in [0.5, 0.6) is 5.88 Å². The minimum Gasteiger partial charge on any atom is -0.480 e. The van der Waals surface area contributed by atoms with Gasteiger partial charge in [0.1, 0.15) is 11.5 Å². The van der Waals surface area contributed by atoms with Crippen LogP contribution in [0.25, 0.3) is 22.2 Å². The van der Waals surface area contributed by atoms with Crippen LogP contribution in [0.2, 0.25) is 0 Å². The molecule has 4 aromatic rings. The van der Waals surface area contributed by atoms with Crippen LogP contribution in [-0.4, -0.2) is 63.3 Å². The lowest BCUT2D eigenvalue weighted by atomic mass is 9.91. The molecule has 0 unspecified atom stereocenters. The molecule has 0 bridgehead atoms. The summed E-state index contributed by atoms with van der Waals surface area (Å²) in [6, 6.07) is 11.8. The molecule has 3 aromatic heterocycles. The highest BCUT2D eigenvalue weighted by molar-refractivity contribution is 5.94. The average Bonchev–Trinajstić information content (AvgIpc) is 2.82. The van der Waals surface area contributed by atoms with Gasteiger partial charge in [-0.2, -0.15) is 0 Å². The van der Waals surface area contributed by atoms with Gasteiger partial charge in [-0.05, 0) is 35.2 Å². The molecule has 0 aliphatic carbocycles. The van der Waals surface area contributed by atoms with Crippen molar-refractivity contribution < 1.29 is 9.84 Å². The third-order valence-corrected chi connectivity index (χ3v) is 5.86. The summed E-state index contributed by atoms with van der Waals surface area (Å²) >= 11 is 0. The number of rotatable bonds is 7. The number of anilines is 2. The number of likely N-dealkylation sites (tertiary alicyclic amines) is 1. The molecule has 4 heterocycles. The molecule has 0 spiro atoms. The largest absolute Gasteiger partial charge is 0.480 e. The zero-order valence-electron chi connectivity index (χ0n) is 18.2. The minimum atomic E-state index is -0.221. The molecule has 9 nitrogen and oxygen atoms in total. The van der Waals surface area contributed by atoms with Crippen LogP contribution in [0.4, 0.5) is 11.5 Å². The number of pyridine rings is 2. The number of aromatic nitrogens is 4. The maximum atomic E-state index is 12.6. The Balaban J connectivity index is 1.46. The van der Waals surface area contributed by atoms with Gasteiger partial charge in [0, 0.05) is 37.4 Å². The first-order valence-electron chi connectivity index (χ1n) is 10.7. The molecule has 1 aliphatic rings. The van der Waals surface area contributed by atoms with Crippen LogP contribution in [-0.2, 0) is 0 Å². The predicted octanol–water partition coefficient (Wildman–Crippen LogP) is 2.52. The van der Waals surface area contributed by atoms with Crippen LogP contribution in [0.15, 0.2) is 59.8 Å². The van der Waals surface area contributed by atoms with Gasteiger partial charge in [-0.15, -0.1) is 0 Å². The van der Waals surface area contributed by atoms with Gasteiger partial charge < -0.3 is 20.1 Å². The average molecular weight is 444 g/mol. The zero-order chi connectivity index (χ0) is 22.8. The van der Waals surface area contributed by atoms with Crippen molar-refractivity contribution in [3.8, 4) is 17.3 Å². The van der Waals surface area contributed by atoms with E-state index in [1.807, 2.05) is 24.3 Å². The van der Waals surface area contributed by atoms with E-state index >= 15 is 0 Å². The van der Waals surface area contributed by atoms with E-state index in [0.29, 0.717) is 34.4 Å². The summed E-state index contributed by atoms with van der Waals surface area (Å²) in [7, 11) is 1.53. The van der Waals surface area contributed by atoms with Gasteiger partial charge >= 0.3 is 0 Å². The molecule has 9 heteroatoms. The van der Waals surface area contributed by atoms with Crippen LogP contribution in [0, 0.1) is 0 Å². The molecule has 1 aromatic carbocycles. The van der Waals surface area contributed by atoms with Crippen molar-refractivity contribution in [1.82, 2.24) is 24.8 Å². The van der Waals surface area contributed by atoms with Crippen molar-refractivity contribution in [2.75, 3.05) is 38.7 Å². The van der Waals surface area contributed by atoms with Crippen molar-refractivity contribution in [3.05, 3.63) is 70.9 Å². The maximum Gasteiger partial charge on any atom is 0.259 e. The third-order valence-electron chi connectivity index (χ3n) is 5.86. The van der Waals surface area contributed by atoms with E-state index in [1.165, 1.54) is 18.9 Å². The number of methoxy groups -OCH3 is 1. The van der Waals surface area contributed by atoms with Crippen molar-refractivity contribution in [2.45, 2.75) is 5.92 Å². The van der Waals surface area contributed by atoms with Crippen molar-refractivity contribution >= 4 is 22.3 Å². The second-order valence-corrected chi connectivity index (χ2v) is 8.00. The van der Waals surface area contributed by atoms with Gasteiger partial charge in [0.15, 0.2) is 0 Å². The number of β-amino-alcohol motifs (C(OH)–C–C–N with tert-alkyl or cyclic N) is 1. The van der Waals surface area contributed by atoms with Gasteiger partial charge in [0.2, 0.25) is 5.88 Å². The quantitative estimate of drug-likeness (QED) is 0.398. The van der Waals surface area contributed by atoms with Crippen molar-refractivity contribution in [3.63, 3.8) is 0 Å². The monoisotopic (exact) mass is 444 g/mol. The van der Waals surface area contributed by atoms with E-state index in [-0.39, 0.29) is 12.2 Å². The fraction of sp³-hybridized carbons (Fsp3) is 0.250. The summed E-state index contributed by atoms with van der Waals surface area (Å²) < 4.78 is 5.19. The highest BCUT2D eigenvalue weighted by Gasteiger charge is 2.27. The molecular formula is C24H24N6O3. The van der Waals surface area contributed by atoms with E-state index in [9.17, 15) is 4.79 Å². The van der Waals surface area contributed by atoms with Crippen LogP contribution in [0.1, 0.15) is 11.5 Å². The molecular weight excluding hydrogens is 420 g/mol. The van der Waals surface area contributed by atoms with Gasteiger partial charge in [-0.3, -0.25) is 14.7 Å². The molecule has 5 rings (SSSR count). The van der Waals surface area contributed by atoms with E-state index in [2.05, 4.69) is 37.3 Å². The summed E-state index contributed by atoms with van der Waals surface area (Å²) in [5.41, 5.74) is 2.99. The highest BCUT2D eigenvalue weighted by Crippen LogP contribution is 2.30. The number of hydrogen-bond donors (Lipinski definition) is 3. The topological polar surface area (TPSA) is 116 Å². The number of benzene rings is 1. The molecule has 1 aliphatic heterocycles. The number of aromatic amines is 1. The van der Waals surface area contributed by atoms with E-state index in [1.54, 1.807) is 12.4 Å². The Morgan fingerprint density at radius 3 is 2.73 bits per heavy atom. The fourth-order valence-electron chi connectivity index (χ4n) is 4.09. The second kappa shape index (κ2) is 8.97. The minimum absolute atomic E-state index is 0.191. The molecule has 1 fully saturated rings. The predicted molar refractivity (Wildman–Crippen MR) is 126 cm³/mol. The van der Waals surface area contributed by atoms with Crippen LogP contribution in [0.3, 0.4) is 0 Å². The first-order valence-corrected chi connectivity index (χ1v) is 10.7. The number of H-pyrrole nitrogens is 1. The summed E-state index contributed by atoms with van der Waals surface area (Å²) in [5, 5.41) is 13.6. The summed E-state index contributed by atoms with van der Waals surface area (Å²) in [4.78, 5) is 30.8. The highest BCUT2D eigenvalue weighted by atomic mass is 16.5. The lowest BCUT2D eigenvalue weighted by Gasteiger charge is -2.39. The molecule has 0 amide bonds. The molecule has 3 N–H and O–H groups in total. The van der Waals surface area contributed by atoms with Crippen LogP contribution < -0.4 is 15.6 Å². The van der Waals surface area contributed by atoms with E-state index < -0.39 is 0 Å². The first kappa shape index (κ1) is 21.0. The number of aliphatic hydroxyl groups excluding tert-OH is 1. The standard InChI is InChI=1S/C24H24N6O3/c1-33-21-12-25-11-20(28-21)19-10-16-6-7-26-24(32)22(16)23(29-19)27-18-4-2-15(3-5-18)17-13-30(14-17)8-9-31/h2-7,10-12,17,31H,8-9,13-14H2,1H3,(H,26,32)(H,27,29). The lowest BCUT2D eigenvalue weighted by molar-refractivity contribution is 0.115. The Kier molecular flexibility index (Phi) is 5.72. The summed E-state index contributed by atoms with van der Waals surface area (Å²) in [5.74, 6) is 1.31. The van der Waals surface area contributed by atoms with Gasteiger partial charge in [0.05, 0.1) is 37.2 Å². The SMILES string of the molecule is COc1cncc(-c2cc3cc[nH]c(=O)c3c(Nc3ccc(C4CN(CCO)C4)cc3)n2)n1. The van der Waals surface area contributed by atoms with Crippen molar-refractivity contribution in [1.29, 1.82) is 0 Å². The number of aliphatic hydroxyl groups is 1. The summed E-state index contributed by atoms with van der Waals surface area (Å²) in [6.45, 7) is 2.82. The number of ether oxygens (including phenoxy) is 1. The third kappa shape index (κ3) is 4.28. The molecule has 1 saturated heterocycles. The number of hydrogen-bond acceptors (Lipinski definition) is 8. The Hall–Kier alpha value is -3.82. The number of fused-ring (bicyclic) bond motifs is 1. The van der Waals surface area contributed by atoms with Gasteiger partial charge in [-0.1, -0.05) is 12.1 Å². The number of nitrogens with one attached hydrogen (secondary N) is 2. The zero-order valence-corrected chi connectivity index (χ0v) is 18.2. The molecule has 0 saturated carbocycles.